The normalized spacial score (nSPS) is 10.5. The minimum atomic E-state index is -1.05. The maximum Gasteiger partial charge on any atom is 0.328 e. The Balaban J connectivity index is 2.76. The van der Waals surface area contributed by atoms with Crippen molar-refractivity contribution in [1.29, 1.82) is 0 Å². The minimum absolute atomic E-state index is 0.156. The zero-order valence-electron chi connectivity index (χ0n) is 9.62. The van der Waals surface area contributed by atoms with Crippen LogP contribution in [0.1, 0.15) is 14.5 Å². The Hall–Kier alpha value is -2.15. The third kappa shape index (κ3) is 4.02. The Kier molecular flexibility index (Phi) is 4.61. The Morgan fingerprint density at radius 1 is 1.44 bits per heavy atom. The molecule has 7 heteroatoms. The first kappa shape index (κ1) is 13.9. The van der Waals surface area contributed by atoms with Crippen molar-refractivity contribution in [3.8, 4) is 0 Å². The van der Waals surface area contributed by atoms with Crippen LogP contribution in [0.15, 0.2) is 18.2 Å². The van der Waals surface area contributed by atoms with E-state index in [1.54, 1.807) is 12.1 Å². The molecule has 1 heterocycles. The van der Waals surface area contributed by atoms with E-state index in [0.717, 1.165) is 17.4 Å². The lowest BCUT2D eigenvalue weighted by molar-refractivity contribution is -0.131. The zero-order chi connectivity index (χ0) is 13.7. The number of amides is 2. The summed E-state index contributed by atoms with van der Waals surface area (Å²) in [4.78, 5) is 35.1. The van der Waals surface area contributed by atoms with Crippen LogP contribution in [0.5, 0.6) is 0 Å². The highest BCUT2D eigenvalue weighted by molar-refractivity contribution is 7.14. The van der Waals surface area contributed by atoms with Crippen molar-refractivity contribution in [2.75, 3.05) is 13.6 Å². The molecular formula is C11H12N2O4S. The van der Waals surface area contributed by atoms with Gasteiger partial charge in [-0.2, -0.15) is 0 Å². The van der Waals surface area contributed by atoms with E-state index >= 15 is 0 Å². The van der Waals surface area contributed by atoms with Crippen molar-refractivity contribution in [2.24, 2.45) is 5.73 Å². The second kappa shape index (κ2) is 5.97. The summed E-state index contributed by atoms with van der Waals surface area (Å²) in [5, 5.41) is 8.47. The number of aliphatic carboxylic acids is 1. The van der Waals surface area contributed by atoms with E-state index in [1.165, 1.54) is 18.0 Å². The summed E-state index contributed by atoms with van der Waals surface area (Å²) < 4.78 is 0. The van der Waals surface area contributed by atoms with E-state index in [-0.39, 0.29) is 12.5 Å². The first-order valence-electron chi connectivity index (χ1n) is 4.94. The van der Waals surface area contributed by atoms with Gasteiger partial charge in [-0.15, -0.1) is 11.3 Å². The molecule has 0 atom stereocenters. The Morgan fingerprint density at radius 2 is 2.11 bits per heavy atom. The molecular weight excluding hydrogens is 256 g/mol. The van der Waals surface area contributed by atoms with E-state index in [2.05, 4.69) is 0 Å². The van der Waals surface area contributed by atoms with Crippen molar-refractivity contribution < 1.29 is 19.5 Å². The average molecular weight is 268 g/mol. The van der Waals surface area contributed by atoms with Gasteiger partial charge in [0.1, 0.15) is 0 Å². The SMILES string of the molecule is CN(CC(N)=O)C(=O)c1ccc(C=CC(=O)O)s1. The van der Waals surface area contributed by atoms with E-state index in [4.69, 9.17) is 10.8 Å². The molecule has 0 saturated heterocycles. The number of carboxylic acid groups (broad SMARTS) is 1. The molecule has 0 fully saturated rings. The quantitative estimate of drug-likeness (QED) is 0.755. The molecule has 0 radical (unpaired) electrons. The van der Waals surface area contributed by atoms with Gasteiger partial charge >= 0.3 is 5.97 Å². The fourth-order valence-electron chi connectivity index (χ4n) is 1.20. The fraction of sp³-hybridized carbons (Fsp3) is 0.182. The first-order chi connectivity index (χ1) is 8.40. The molecule has 1 aromatic heterocycles. The molecule has 6 nitrogen and oxygen atoms in total. The molecule has 2 amide bonds. The predicted molar refractivity (Wildman–Crippen MR) is 67.1 cm³/mol. The topological polar surface area (TPSA) is 101 Å². The van der Waals surface area contributed by atoms with Crippen molar-refractivity contribution in [2.45, 2.75) is 0 Å². The standard InChI is InChI=1S/C11H12N2O4S/c1-13(6-9(12)14)11(17)8-4-2-7(18-8)3-5-10(15)16/h2-5H,6H2,1H3,(H2,12,14)(H,15,16). The van der Waals surface area contributed by atoms with Gasteiger partial charge in [-0.3, -0.25) is 9.59 Å². The average Bonchev–Trinajstić information content (AvgIpc) is 2.72. The molecule has 0 aromatic carbocycles. The number of primary amides is 1. The summed E-state index contributed by atoms with van der Waals surface area (Å²) in [6.45, 7) is -0.156. The number of nitrogens with zero attached hydrogens (tertiary/aromatic N) is 1. The third-order valence-electron chi connectivity index (χ3n) is 1.97. The molecule has 1 rings (SSSR count). The minimum Gasteiger partial charge on any atom is -0.478 e. The lowest BCUT2D eigenvalue weighted by Crippen LogP contribution is -2.34. The van der Waals surface area contributed by atoms with Gasteiger partial charge in [0, 0.05) is 18.0 Å². The molecule has 96 valence electrons. The van der Waals surface area contributed by atoms with Gasteiger partial charge in [0.2, 0.25) is 5.91 Å². The zero-order valence-corrected chi connectivity index (χ0v) is 10.4. The summed E-state index contributed by atoms with van der Waals surface area (Å²) in [6.07, 6.45) is 2.39. The highest BCUT2D eigenvalue weighted by atomic mass is 32.1. The van der Waals surface area contributed by atoms with Crippen molar-refractivity contribution in [1.82, 2.24) is 4.90 Å². The number of carbonyl (C=O) groups is 3. The molecule has 0 unspecified atom stereocenters. The van der Waals surface area contributed by atoms with E-state index < -0.39 is 11.9 Å². The molecule has 0 spiro atoms. The number of likely N-dealkylation sites (N-methyl/N-ethyl adjacent to an activating group) is 1. The van der Waals surface area contributed by atoms with Gasteiger partial charge in [0.15, 0.2) is 0 Å². The number of carbonyl (C=O) groups excluding carboxylic acids is 2. The molecule has 1 aromatic rings. The predicted octanol–water partition coefficient (Wildman–Crippen LogP) is 0.403. The summed E-state index contributed by atoms with van der Waals surface area (Å²) in [7, 11) is 1.47. The number of hydrogen-bond donors (Lipinski definition) is 2. The number of thiophene rings is 1. The van der Waals surface area contributed by atoms with Gasteiger partial charge in [0.25, 0.3) is 5.91 Å². The van der Waals surface area contributed by atoms with E-state index in [9.17, 15) is 14.4 Å². The third-order valence-corrected chi connectivity index (χ3v) is 3.01. The monoisotopic (exact) mass is 268 g/mol. The maximum atomic E-state index is 11.8. The number of nitrogens with two attached hydrogens (primary N) is 1. The second-order valence-electron chi connectivity index (χ2n) is 3.50. The Morgan fingerprint density at radius 3 is 2.67 bits per heavy atom. The number of rotatable bonds is 5. The van der Waals surface area contributed by atoms with Crippen LogP contribution in [0.3, 0.4) is 0 Å². The van der Waals surface area contributed by atoms with Crippen LogP contribution >= 0.6 is 11.3 Å². The maximum absolute atomic E-state index is 11.8. The molecule has 0 aliphatic carbocycles. The molecule has 0 bridgehead atoms. The molecule has 3 N–H and O–H groups in total. The second-order valence-corrected chi connectivity index (χ2v) is 4.62. The van der Waals surface area contributed by atoms with E-state index in [0.29, 0.717) is 9.75 Å². The van der Waals surface area contributed by atoms with Crippen LogP contribution in [0.4, 0.5) is 0 Å². The largest absolute Gasteiger partial charge is 0.478 e. The lowest BCUT2D eigenvalue weighted by atomic mass is 10.3. The summed E-state index contributed by atoms with van der Waals surface area (Å²) in [5.74, 6) is -1.97. The fourth-order valence-corrected chi connectivity index (χ4v) is 2.11. The first-order valence-corrected chi connectivity index (χ1v) is 5.76. The number of hydrogen-bond acceptors (Lipinski definition) is 4. The van der Waals surface area contributed by atoms with Crippen LogP contribution in [-0.2, 0) is 9.59 Å². The molecule has 0 aliphatic heterocycles. The highest BCUT2D eigenvalue weighted by Crippen LogP contribution is 2.19. The lowest BCUT2D eigenvalue weighted by Gasteiger charge is -2.13. The summed E-state index contributed by atoms with van der Waals surface area (Å²) >= 11 is 1.14. The molecule has 0 saturated carbocycles. The smallest absolute Gasteiger partial charge is 0.328 e. The van der Waals surface area contributed by atoms with Crippen LogP contribution in [0, 0.1) is 0 Å². The Bertz CT molecular complexity index is 507. The van der Waals surface area contributed by atoms with Gasteiger partial charge in [-0.25, -0.2) is 4.79 Å². The van der Waals surface area contributed by atoms with Gasteiger partial charge in [-0.1, -0.05) is 0 Å². The van der Waals surface area contributed by atoms with Crippen LogP contribution in [0.25, 0.3) is 6.08 Å². The van der Waals surface area contributed by atoms with Crippen molar-refractivity contribution in [3.05, 3.63) is 28.0 Å². The van der Waals surface area contributed by atoms with E-state index in [1.807, 2.05) is 0 Å². The highest BCUT2D eigenvalue weighted by Gasteiger charge is 2.15. The van der Waals surface area contributed by atoms with Gasteiger partial charge in [0.05, 0.1) is 11.4 Å². The van der Waals surface area contributed by atoms with Crippen LogP contribution in [-0.4, -0.2) is 41.4 Å². The number of carboxylic acids is 1. The van der Waals surface area contributed by atoms with Gasteiger partial charge < -0.3 is 15.7 Å². The van der Waals surface area contributed by atoms with Crippen molar-refractivity contribution in [3.63, 3.8) is 0 Å². The Labute approximate surface area is 107 Å². The van der Waals surface area contributed by atoms with Gasteiger partial charge in [-0.05, 0) is 18.2 Å². The summed E-state index contributed by atoms with van der Waals surface area (Å²) in [5.41, 5.74) is 4.99. The summed E-state index contributed by atoms with van der Waals surface area (Å²) in [6, 6.07) is 3.21. The van der Waals surface area contributed by atoms with Crippen LogP contribution in [0.2, 0.25) is 0 Å². The molecule has 0 aliphatic rings. The molecule has 18 heavy (non-hydrogen) atoms. The van der Waals surface area contributed by atoms with Crippen LogP contribution < -0.4 is 5.73 Å². The van der Waals surface area contributed by atoms with Crippen molar-refractivity contribution >= 4 is 35.2 Å².